The molecule has 84 valence electrons. The second kappa shape index (κ2) is 5.53. The summed E-state index contributed by atoms with van der Waals surface area (Å²) in [6.07, 6.45) is 3.58. The summed E-state index contributed by atoms with van der Waals surface area (Å²) in [5, 5.41) is 8.89. The number of rotatable bonds is 3. The highest BCUT2D eigenvalue weighted by Crippen LogP contribution is 2.19. The van der Waals surface area contributed by atoms with Crippen LogP contribution in [0.1, 0.15) is 24.8 Å². The van der Waals surface area contributed by atoms with Crippen LogP contribution in [0.3, 0.4) is 0 Å². The van der Waals surface area contributed by atoms with Crippen LogP contribution in [0.25, 0.3) is 0 Å². The highest BCUT2D eigenvalue weighted by molar-refractivity contribution is 5.42. The molecule has 0 N–H and O–H groups in total. The zero-order valence-electron chi connectivity index (χ0n) is 9.19. The quantitative estimate of drug-likeness (QED) is 0.781. The Labute approximate surface area is 95.6 Å². The van der Waals surface area contributed by atoms with Crippen LogP contribution in [0, 0.1) is 11.3 Å². The maximum atomic E-state index is 8.89. The monoisotopic (exact) mass is 217 g/mol. The zero-order chi connectivity index (χ0) is 11.2. The highest BCUT2D eigenvalue weighted by Gasteiger charge is 2.14. The van der Waals surface area contributed by atoms with E-state index in [0.717, 1.165) is 19.4 Å². The van der Waals surface area contributed by atoms with E-state index in [4.69, 9.17) is 14.7 Å². The van der Waals surface area contributed by atoms with Crippen molar-refractivity contribution >= 4 is 0 Å². The average Bonchev–Trinajstić information content (AvgIpc) is 2.38. The SMILES string of the molecule is N#Cc1ccccc1OCC1CCCCO1. The molecule has 3 nitrogen and oxygen atoms in total. The molecular formula is C13H15NO2. The summed E-state index contributed by atoms with van der Waals surface area (Å²) < 4.78 is 11.2. The second-order valence-corrected chi connectivity index (χ2v) is 3.91. The van der Waals surface area contributed by atoms with Gasteiger partial charge >= 0.3 is 0 Å². The van der Waals surface area contributed by atoms with Crippen LogP contribution in [0.4, 0.5) is 0 Å². The first-order chi connectivity index (χ1) is 7.90. The smallest absolute Gasteiger partial charge is 0.137 e. The van der Waals surface area contributed by atoms with Gasteiger partial charge in [0.15, 0.2) is 0 Å². The van der Waals surface area contributed by atoms with E-state index in [-0.39, 0.29) is 6.10 Å². The van der Waals surface area contributed by atoms with Crippen molar-refractivity contribution in [2.45, 2.75) is 25.4 Å². The number of nitriles is 1. The molecule has 1 saturated heterocycles. The van der Waals surface area contributed by atoms with Crippen molar-refractivity contribution in [1.82, 2.24) is 0 Å². The molecule has 16 heavy (non-hydrogen) atoms. The molecule has 1 atom stereocenters. The molecule has 0 spiro atoms. The van der Waals surface area contributed by atoms with E-state index in [0.29, 0.717) is 17.9 Å². The minimum absolute atomic E-state index is 0.181. The largest absolute Gasteiger partial charge is 0.489 e. The fraction of sp³-hybridized carbons (Fsp3) is 0.462. The Morgan fingerprint density at radius 3 is 3.00 bits per heavy atom. The molecule has 1 unspecified atom stereocenters. The van der Waals surface area contributed by atoms with E-state index in [1.807, 2.05) is 18.2 Å². The normalized spacial score (nSPS) is 20.1. The summed E-state index contributed by atoms with van der Waals surface area (Å²) in [6, 6.07) is 9.41. The Kier molecular flexibility index (Phi) is 3.79. The Morgan fingerprint density at radius 2 is 2.25 bits per heavy atom. The maximum absolute atomic E-state index is 8.89. The van der Waals surface area contributed by atoms with Gasteiger partial charge in [-0.15, -0.1) is 0 Å². The van der Waals surface area contributed by atoms with E-state index in [9.17, 15) is 0 Å². The lowest BCUT2D eigenvalue weighted by Gasteiger charge is -2.22. The van der Waals surface area contributed by atoms with Gasteiger partial charge < -0.3 is 9.47 Å². The van der Waals surface area contributed by atoms with Crippen LogP contribution in [-0.2, 0) is 4.74 Å². The molecule has 0 aliphatic carbocycles. The molecule has 1 heterocycles. The van der Waals surface area contributed by atoms with Gasteiger partial charge in [0.05, 0.1) is 11.7 Å². The van der Waals surface area contributed by atoms with Gasteiger partial charge in [0.25, 0.3) is 0 Å². The summed E-state index contributed by atoms with van der Waals surface area (Å²) in [5.74, 6) is 0.652. The lowest BCUT2D eigenvalue weighted by atomic mass is 10.1. The predicted molar refractivity (Wildman–Crippen MR) is 60.2 cm³/mol. The summed E-state index contributed by atoms with van der Waals surface area (Å²) in [7, 11) is 0. The minimum atomic E-state index is 0.181. The Bertz CT molecular complexity index is 378. The van der Waals surface area contributed by atoms with E-state index < -0.39 is 0 Å². The first kappa shape index (κ1) is 11.0. The van der Waals surface area contributed by atoms with Crippen LogP contribution >= 0.6 is 0 Å². The van der Waals surface area contributed by atoms with Crippen LogP contribution in [0.15, 0.2) is 24.3 Å². The number of nitrogens with zero attached hydrogens (tertiary/aromatic N) is 1. The number of hydrogen-bond donors (Lipinski definition) is 0. The second-order valence-electron chi connectivity index (χ2n) is 3.91. The molecule has 1 aromatic rings. The summed E-state index contributed by atoms with van der Waals surface area (Å²) in [6.45, 7) is 1.37. The lowest BCUT2D eigenvalue weighted by molar-refractivity contribution is -0.0111. The van der Waals surface area contributed by atoms with Crippen LogP contribution < -0.4 is 4.74 Å². The molecule has 1 fully saturated rings. The standard InChI is InChI=1S/C13H15NO2/c14-9-11-5-1-2-7-13(11)16-10-12-6-3-4-8-15-12/h1-2,5,7,12H,3-4,6,8,10H2. The van der Waals surface area contributed by atoms with E-state index in [2.05, 4.69) is 6.07 Å². The lowest BCUT2D eigenvalue weighted by Crippen LogP contribution is -2.25. The van der Waals surface area contributed by atoms with Gasteiger partial charge in [-0.3, -0.25) is 0 Å². The van der Waals surface area contributed by atoms with Gasteiger partial charge in [-0.25, -0.2) is 0 Å². The molecule has 2 rings (SSSR count). The summed E-state index contributed by atoms with van der Waals surface area (Å²) >= 11 is 0. The first-order valence-electron chi connectivity index (χ1n) is 5.63. The van der Waals surface area contributed by atoms with Crippen molar-refractivity contribution in [1.29, 1.82) is 5.26 Å². The molecule has 1 aliphatic heterocycles. The molecule has 0 bridgehead atoms. The van der Waals surface area contributed by atoms with Crippen LogP contribution in [0.2, 0.25) is 0 Å². The maximum Gasteiger partial charge on any atom is 0.137 e. The number of hydrogen-bond acceptors (Lipinski definition) is 3. The molecule has 1 aliphatic rings. The predicted octanol–water partition coefficient (Wildman–Crippen LogP) is 2.51. The van der Waals surface area contributed by atoms with E-state index in [1.165, 1.54) is 6.42 Å². The van der Waals surface area contributed by atoms with Crippen molar-refractivity contribution in [3.8, 4) is 11.8 Å². The Morgan fingerprint density at radius 1 is 1.38 bits per heavy atom. The van der Waals surface area contributed by atoms with Crippen molar-refractivity contribution in [3.05, 3.63) is 29.8 Å². The third kappa shape index (κ3) is 2.74. The van der Waals surface area contributed by atoms with Gasteiger partial charge in [0.2, 0.25) is 0 Å². The zero-order valence-corrected chi connectivity index (χ0v) is 9.19. The third-order valence-electron chi connectivity index (χ3n) is 2.71. The van der Waals surface area contributed by atoms with Gasteiger partial charge in [0.1, 0.15) is 18.4 Å². The number of para-hydroxylation sites is 1. The van der Waals surface area contributed by atoms with E-state index in [1.54, 1.807) is 6.07 Å². The van der Waals surface area contributed by atoms with Gasteiger partial charge in [-0.1, -0.05) is 12.1 Å². The van der Waals surface area contributed by atoms with Crippen molar-refractivity contribution in [2.75, 3.05) is 13.2 Å². The molecule has 0 saturated carbocycles. The van der Waals surface area contributed by atoms with Gasteiger partial charge in [0, 0.05) is 6.61 Å². The van der Waals surface area contributed by atoms with Crippen LogP contribution in [0.5, 0.6) is 5.75 Å². The number of ether oxygens (including phenoxy) is 2. The fourth-order valence-corrected chi connectivity index (χ4v) is 1.81. The molecule has 0 amide bonds. The fourth-order valence-electron chi connectivity index (χ4n) is 1.81. The van der Waals surface area contributed by atoms with Crippen molar-refractivity contribution < 1.29 is 9.47 Å². The van der Waals surface area contributed by atoms with Gasteiger partial charge in [-0.2, -0.15) is 5.26 Å². The first-order valence-corrected chi connectivity index (χ1v) is 5.63. The van der Waals surface area contributed by atoms with Crippen molar-refractivity contribution in [2.24, 2.45) is 0 Å². The van der Waals surface area contributed by atoms with Gasteiger partial charge in [-0.05, 0) is 31.4 Å². The highest BCUT2D eigenvalue weighted by atomic mass is 16.5. The Hall–Kier alpha value is -1.53. The van der Waals surface area contributed by atoms with E-state index >= 15 is 0 Å². The average molecular weight is 217 g/mol. The minimum Gasteiger partial charge on any atom is -0.489 e. The third-order valence-corrected chi connectivity index (χ3v) is 2.71. The number of benzene rings is 1. The Balaban J connectivity index is 1.91. The molecule has 3 heteroatoms. The van der Waals surface area contributed by atoms with Crippen LogP contribution in [-0.4, -0.2) is 19.3 Å². The molecule has 0 aromatic heterocycles. The summed E-state index contributed by atoms with van der Waals surface area (Å²) in [4.78, 5) is 0. The molecular weight excluding hydrogens is 202 g/mol. The summed E-state index contributed by atoms with van der Waals surface area (Å²) in [5.41, 5.74) is 0.582. The molecule has 0 radical (unpaired) electrons. The topological polar surface area (TPSA) is 42.2 Å². The molecule has 1 aromatic carbocycles. The van der Waals surface area contributed by atoms with Crippen molar-refractivity contribution in [3.63, 3.8) is 0 Å².